The van der Waals surface area contributed by atoms with Crippen molar-refractivity contribution in [3.8, 4) is 10.6 Å². The zero-order valence-electron chi connectivity index (χ0n) is 15.6. The molecule has 144 valence electrons. The van der Waals surface area contributed by atoms with Crippen LogP contribution in [0.1, 0.15) is 54.9 Å². The fourth-order valence-electron chi connectivity index (χ4n) is 3.05. The summed E-state index contributed by atoms with van der Waals surface area (Å²) in [4.78, 5) is 24.9. The lowest BCUT2D eigenvalue weighted by Gasteiger charge is -2.33. The average Bonchev–Trinajstić information content (AvgIpc) is 3.11. The van der Waals surface area contributed by atoms with Crippen LogP contribution in [0.4, 0.5) is 4.79 Å². The van der Waals surface area contributed by atoms with Crippen molar-refractivity contribution in [2.75, 3.05) is 13.1 Å². The molecule has 0 spiro atoms. The van der Waals surface area contributed by atoms with E-state index in [1.807, 2.05) is 45.0 Å². The van der Waals surface area contributed by atoms with Crippen LogP contribution < -0.4 is 0 Å². The van der Waals surface area contributed by atoms with Crippen molar-refractivity contribution >= 4 is 23.4 Å². The second-order valence-electron chi connectivity index (χ2n) is 7.58. The highest BCUT2D eigenvalue weighted by atomic mass is 32.1. The number of likely N-dealkylation sites (tertiary alicyclic amines) is 1. The Morgan fingerprint density at radius 2 is 1.78 bits per heavy atom. The van der Waals surface area contributed by atoms with E-state index in [0.717, 1.165) is 29.7 Å². The maximum absolute atomic E-state index is 12.2. The Kier molecular flexibility index (Phi) is 5.46. The molecule has 1 amide bonds. The topological polar surface area (TPSA) is 92.6 Å². The van der Waals surface area contributed by atoms with Gasteiger partial charge in [-0.25, -0.2) is 9.59 Å². The zero-order valence-corrected chi connectivity index (χ0v) is 16.5. The Hall–Kier alpha value is -2.48. The second kappa shape index (κ2) is 7.64. The first-order chi connectivity index (χ1) is 12.7. The number of hydrogen-bond donors (Lipinski definition) is 1. The number of rotatable bonds is 3. The van der Waals surface area contributed by atoms with Crippen LogP contribution >= 0.6 is 11.3 Å². The van der Waals surface area contributed by atoms with E-state index in [2.05, 4.69) is 10.2 Å². The van der Waals surface area contributed by atoms with Crippen LogP contribution in [0.3, 0.4) is 0 Å². The van der Waals surface area contributed by atoms with E-state index < -0.39 is 11.6 Å². The number of amides is 1. The molecule has 1 aromatic heterocycles. The molecule has 0 atom stereocenters. The summed E-state index contributed by atoms with van der Waals surface area (Å²) < 4.78 is 5.44. The molecule has 0 aliphatic carbocycles. The van der Waals surface area contributed by atoms with E-state index in [4.69, 9.17) is 9.84 Å². The molecule has 0 saturated carbocycles. The van der Waals surface area contributed by atoms with Gasteiger partial charge < -0.3 is 14.7 Å². The third kappa shape index (κ3) is 4.82. The first-order valence-electron chi connectivity index (χ1n) is 8.88. The van der Waals surface area contributed by atoms with Gasteiger partial charge in [-0.2, -0.15) is 0 Å². The highest BCUT2D eigenvalue weighted by molar-refractivity contribution is 7.16. The minimum atomic E-state index is -1.06. The molecule has 1 saturated heterocycles. The van der Waals surface area contributed by atoms with Gasteiger partial charge in [0.2, 0.25) is 5.01 Å². The molecule has 8 heteroatoms. The molecule has 1 aliphatic heterocycles. The van der Waals surface area contributed by atoms with E-state index in [9.17, 15) is 9.59 Å². The van der Waals surface area contributed by atoms with Gasteiger partial charge in [0.1, 0.15) is 10.6 Å². The van der Waals surface area contributed by atoms with Gasteiger partial charge in [-0.1, -0.05) is 35.6 Å². The van der Waals surface area contributed by atoms with Gasteiger partial charge in [0.25, 0.3) is 0 Å². The molecule has 3 rings (SSSR count). The minimum Gasteiger partial charge on any atom is -0.476 e. The number of aromatic nitrogens is 2. The van der Waals surface area contributed by atoms with E-state index in [1.165, 1.54) is 5.56 Å². The molecule has 0 radical (unpaired) electrons. The number of benzene rings is 1. The summed E-state index contributed by atoms with van der Waals surface area (Å²) in [7, 11) is 0. The molecule has 2 aromatic rings. The number of carbonyl (C=O) groups excluding carboxylic acids is 1. The molecule has 0 bridgehead atoms. The lowest BCUT2D eigenvalue weighted by atomic mass is 9.89. The first kappa shape index (κ1) is 19.3. The highest BCUT2D eigenvalue weighted by Crippen LogP contribution is 2.31. The van der Waals surface area contributed by atoms with Crippen molar-refractivity contribution in [2.45, 2.75) is 45.1 Å². The van der Waals surface area contributed by atoms with Gasteiger partial charge in [0, 0.05) is 18.7 Å². The number of ether oxygens (including phenoxy) is 1. The summed E-state index contributed by atoms with van der Waals surface area (Å²) in [5, 5.41) is 17.2. The number of carboxylic acid groups (broad SMARTS) is 1. The van der Waals surface area contributed by atoms with Gasteiger partial charge in [-0.3, -0.25) is 0 Å². The summed E-state index contributed by atoms with van der Waals surface area (Å²) in [5.74, 6) is -0.672. The van der Waals surface area contributed by atoms with Crippen molar-refractivity contribution in [1.29, 1.82) is 0 Å². The number of nitrogens with zero attached hydrogens (tertiary/aromatic N) is 3. The fourth-order valence-corrected chi connectivity index (χ4v) is 3.73. The van der Waals surface area contributed by atoms with Gasteiger partial charge in [-0.15, -0.1) is 10.2 Å². The Labute approximate surface area is 162 Å². The molecule has 27 heavy (non-hydrogen) atoms. The number of aromatic carboxylic acids is 1. The van der Waals surface area contributed by atoms with E-state index in [0.29, 0.717) is 24.0 Å². The maximum atomic E-state index is 12.2. The van der Waals surface area contributed by atoms with E-state index in [1.54, 1.807) is 4.90 Å². The van der Waals surface area contributed by atoms with Crippen LogP contribution in [0, 0.1) is 0 Å². The minimum absolute atomic E-state index is 0.0106. The van der Waals surface area contributed by atoms with Gasteiger partial charge in [0.05, 0.1) is 0 Å². The largest absolute Gasteiger partial charge is 0.476 e. The zero-order chi connectivity index (χ0) is 19.6. The van der Waals surface area contributed by atoms with Crippen molar-refractivity contribution < 1.29 is 19.4 Å². The lowest BCUT2D eigenvalue weighted by Crippen LogP contribution is -2.41. The predicted molar refractivity (Wildman–Crippen MR) is 102 cm³/mol. The van der Waals surface area contributed by atoms with Crippen molar-refractivity contribution in [1.82, 2.24) is 15.1 Å². The third-order valence-corrected chi connectivity index (χ3v) is 5.34. The van der Waals surface area contributed by atoms with Crippen LogP contribution in [0.25, 0.3) is 10.6 Å². The van der Waals surface area contributed by atoms with Crippen LogP contribution in [0.5, 0.6) is 0 Å². The number of carboxylic acids is 1. The number of hydrogen-bond acceptors (Lipinski definition) is 6. The molecular weight excluding hydrogens is 366 g/mol. The molecule has 1 fully saturated rings. The smallest absolute Gasteiger partial charge is 0.410 e. The molecule has 7 nitrogen and oxygen atoms in total. The SMILES string of the molecule is CC(C)(C)OC(=O)N1CCC(c2ccc(-c3nnc(C(=O)O)s3)cc2)CC1. The summed E-state index contributed by atoms with van der Waals surface area (Å²) in [6.07, 6.45) is 1.53. The molecular formula is C19H23N3O4S. The molecule has 2 heterocycles. The van der Waals surface area contributed by atoms with E-state index >= 15 is 0 Å². The fraction of sp³-hybridized carbons (Fsp3) is 0.474. The van der Waals surface area contributed by atoms with Crippen LogP contribution in [0.15, 0.2) is 24.3 Å². The monoisotopic (exact) mass is 389 g/mol. The second-order valence-corrected chi connectivity index (χ2v) is 8.56. The first-order valence-corrected chi connectivity index (χ1v) is 9.69. The average molecular weight is 389 g/mol. The quantitative estimate of drug-likeness (QED) is 0.852. The van der Waals surface area contributed by atoms with Crippen LogP contribution in [-0.2, 0) is 4.74 Å². The van der Waals surface area contributed by atoms with Crippen molar-refractivity contribution in [3.63, 3.8) is 0 Å². The van der Waals surface area contributed by atoms with Crippen molar-refractivity contribution in [2.24, 2.45) is 0 Å². The van der Waals surface area contributed by atoms with Gasteiger partial charge >= 0.3 is 12.1 Å². The Bertz CT molecular complexity index is 818. The predicted octanol–water partition coefficient (Wildman–Crippen LogP) is 4.02. The maximum Gasteiger partial charge on any atom is 0.410 e. The third-order valence-electron chi connectivity index (χ3n) is 4.38. The molecule has 1 N–H and O–H groups in total. The van der Waals surface area contributed by atoms with E-state index in [-0.39, 0.29) is 11.1 Å². The summed E-state index contributed by atoms with van der Waals surface area (Å²) in [6, 6.07) is 7.99. The lowest BCUT2D eigenvalue weighted by molar-refractivity contribution is 0.0204. The highest BCUT2D eigenvalue weighted by Gasteiger charge is 2.27. The number of carbonyl (C=O) groups is 2. The Balaban J connectivity index is 1.60. The van der Waals surface area contributed by atoms with Crippen LogP contribution in [-0.4, -0.2) is 51.0 Å². The standard InChI is InChI=1S/C19H23N3O4S/c1-19(2,3)26-18(25)22-10-8-13(9-11-22)12-4-6-14(7-5-12)15-20-21-16(27-15)17(23)24/h4-7,13H,8-11H2,1-3H3,(H,23,24). The van der Waals surface area contributed by atoms with Gasteiger partial charge in [-0.05, 0) is 45.1 Å². The summed E-state index contributed by atoms with van der Waals surface area (Å²) in [6.45, 7) is 6.98. The van der Waals surface area contributed by atoms with Gasteiger partial charge in [0.15, 0.2) is 0 Å². The number of piperidine rings is 1. The Morgan fingerprint density at radius 3 is 2.30 bits per heavy atom. The molecule has 1 aromatic carbocycles. The summed E-state index contributed by atoms with van der Waals surface area (Å²) in [5.41, 5.74) is 1.59. The summed E-state index contributed by atoms with van der Waals surface area (Å²) >= 11 is 1.06. The normalized spacial score (nSPS) is 15.6. The Morgan fingerprint density at radius 1 is 1.15 bits per heavy atom. The van der Waals surface area contributed by atoms with Crippen LogP contribution in [0.2, 0.25) is 0 Å². The molecule has 0 unspecified atom stereocenters. The molecule has 1 aliphatic rings. The van der Waals surface area contributed by atoms with Crippen molar-refractivity contribution in [3.05, 3.63) is 34.8 Å².